The first-order chi connectivity index (χ1) is 8.36. The van der Waals surface area contributed by atoms with Crippen LogP contribution in [-0.2, 0) is 4.79 Å². The summed E-state index contributed by atoms with van der Waals surface area (Å²) in [7, 11) is 0. The molecule has 0 amide bonds. The zero-order chi connectivity index (χ0) is 13.5. The number of fused-ring (bicyclic) bond motifs is 1. The molecule has 3 heteroatoms. The number of aliphatic hydroxyl groups is 1. The van der Waals surface area contributed by atoms with E-state index in [4.69, 9.17) is 5.11 Å². The molecule has 0 aromatic carbocycles. The largest absolute Gasteiger partial charge is 0.478 e. The van der Waals surface area contributed by atoms with Crippen LogP contribution in [0.5, 0.6) is 0 Å². The Bertz CT molecular complexity index is 421. The number of hydrogen-bond donors (Lipinski definition) is 2. The fourth-order valence-corrected chi connectivity index (χ4v) is 3.53. The summed E-state index contributed by atoms with van der Waals surface area (Å²) in [5.74, 6) is -0.857. The van der Waals surface area contributed by atoms with Gasteiger partial charge in [0.15, 0.2) is 0 Å². The monoisotopic (exact) mass is 250 g/mol. The molecule has 1 saturated carbocycles. The smallest absolute Gasteiger partial charge is 0.331 e. The lowest BCUT2D eigenvalue weighted by molar-refractivity contribution is -0.133. The Hall–Kier alpha value is -1.09. The van der Waals surface area contributed by atoms with E-state index >= 15 is 0 Å². The third-order valence-electron chi connectivity index (χ3n) is 4.96. The van der Waals surface area contributed by atoms with Crippen LogP contribution in [0.2, 0.25) is 0 Å². The van der Waals surface area contributed by atoms with Crippen molar-refractivity contribution >= 4 is 5.97 Å². The number of carboxylic acid groups (broad SMARTS) is 1. The van der Waals surface area contributed by atoms with Gasteiger partial charge in [0.25, 0.3) is 0 Å². The van der Waals surface area contributed by atoms with E-state index in [-0.39, 0.29) is 17.4 Å². The Balaban J connectivity index is 2.27. The SMILES string of the molecule is C=C(C(=O)O)[C@@H]1CC[C@]2(C)C(=C(C)CC[C@H]2O)C1. The second kappa shape index (κ2) is 4.54. The van der Waals surface area contributed by atoms with Gasteiger partial charge in [0.05, 0.1) is 6.10 Å². The Morgan fingerprint density at radius 1 is 1.44 bits per heavy atom. The van der Waals surface area contributed by atoms with Crippen molar-refractivity contribution in [2.75, 3.05) is 0 Å². The normalized spacial score (nSPS) is 36.2. The Morgan fingerprint density at radius 3 is 2.72 bits per heavy atom. The van der Waals surface area contributed by atoms with Crippen molar-refractivity contribution in [3.05, 3.63) is 23.3 Å². The van der Waals surface area contributed by atoms with Crippen molar-refractivity contribution in [2.24, 2.45) is 11.3 Å². The van der Waals surface area contributed by atoms with Crippen LogP contribution in [0.4, 0.5) is 0 Å². The average molecular weight is 250 g/mol. The Labute approximate surface area is 108 Å². The number of aliphatic hydroxyl groups excluding tert-OH is 1. The minimum atomic E-state index is -0.891. The molecular formula is C15H22O3. The van der Waals surface area contributed by atoms with Crippen LogP contribution in [0.15, 0.2) is 23.3 Å². The third-order valence-corrected chi connectivity index (χ3v) is 4.96. The first-order valence-electron chi connectivity index (χ1n) is 6.65. The van der Waals surface area contributed by atoms with Crippen molar-refractivity contribution in [3.63, 3.8) is 0 Å². The molecule has 3 atom stereocenters. The van der Waals surface area contributed by atoms with Gasteiger partial charge in [-0.3, -0.25) is 0 Å². The van der Waals surface area contributed by atoms with Gasteiger partial charge < -0.3 is 10.2 Å². The Morgan fingerprint density at radius 2 is 2.11 bits per heavy atom. The minimum absolute atomic E-state index is 0.0332. The zero-order valence-corrected chi connectivity index (χ0v) is 11.2. The highest BCUT2D eigenvalue weighted by Gasteiger charge is 2.44. The van der Waals surface area contributed by atoms with Gasteiger partial charge in [-0.05, 0) is 44.9 Å². The molecular weight excluding hydrogens is 228 g/mol. The van der Waals surface area contributed by atoms with Crippen molar-refractivity contribution < 1.29 is 15.0 Å². The van der Waals surface area contributed by atoms with E-state index in [2.05, 4.69) is 20.4 Å². The number of aliphatic carboxylic acids is 1. The van der Waals surface area contributed by atoms with E-state index in [1.165, 1.54) is 11.1 Å². The standard InChI is InChI=1S/C15H22O3/c1-9-4-5-13(16)15(3)7-6-11(8-12(9)15)10(2)14(17)18/h11,13,16H,2,4-8H2,1,3H3,(H,17,18)/t11-,13-,15-/m1/s1. The van der Waals surface area contributed by atoms with Gasteiger partial charge in [0, 0.05) is 11.0 Å². The fraction of sp³-hybridized carbons (Fsp3) is 0.667. The lowest BCUT2D eigenvalue weighted by atomic mass is 9.59. The van der Waals surface area contributed by atoms with Crippen LogP contribution in [0.1, 0.15) is 46.0 Å². The maximum atomic E-state index is 11.0. The van der Waals surface area contributed by atoms with Gasteiger partial charge >= 0.3 is 5.97 Å². The van der Waals surface area contributed by atoms with E-state index in [9.17, 15) is 9.90 Å². The van der Waals surface area contributed by atoms with E-state index in [0.717, 1.165) is 32.1 Å². The molecule has 18 heavy (non-hydrogen) atoms. The van der Waals surface area contributed by atoms with Crippen LogP contribution in [0, 0.1) is 11.3 Å². The predicted molar refractivity (Wildman–Crippen MR) is 70.2 cm³/mol. The van der Waals surface area contributed by atoms with Crippen molar-refractivity contribution in [1.29, 1.82) is 0 Å². The summed E-state index contributed by atoms with van der Waals surface area (Å²) in [5.41, 5.74) is 2.79. The molecule has 3 nitrogen and oxygen atoms in total. The first-order valence-corrected chi connectivity index (χ1v) is 6.65. The van der Waals surface area contributed by atoms with Gasteiger partial charge in [-0.1, -0.05) is 24.6 Å². The van der Waals surface area contributed by atoms with Crippen LogP contribution in [0.3, 0.4) is 0 Å². The lowest BCUT2D eigenvalue weighted by Crippen LogP contribution is -2.42. The van der Waals surface area contributed by atoms with Crippen LogP contribution in [0.25, 0.3) is 0 Å². The number of carbonyl (C=O) groups is 1. The molecule has 2 aliphatic carbocycles. The predicted octanol–water partition coefficient (Wildman–Crippen LogP) is 2.90. The van der Waals surface area contributed by atoms with Gasteiger partial charge in [-0.15, -0.1) is 0 Å². The van der Waals surface area contributed by atoms with Crippen LogP contribution < -0.4 is 0 Å². The molecule has 0 unspecified atom stereocenters. The van der Waals surface area contributed by atoms with Gasteiger partial charge in [0.2, 0.25) is 0 Å². The topological polar surface area (TPSA) is 57.5 Å². The average Bonchev–Trinajstić information content (AvgIpc) is 2.33. The van der Waals surface area contributed by atoms with Crippen molar-refractivity contribution in [3.8, 4) is 0 Å². The molecule has 0 aromatic heterocycles. The quantitative estimate of drug-likeness (QED) is 0.585. The number of carboxylic acids is 1. The van der Waals surface area contributed by atoms with Gasteiger partial charge in [0.1, 0.15) is 0 Å². The second-order valence-electron chi connectivity index (χ2n) is 6.00. The summed E-state index contributed by atoms with van der Waals surface area (Å²) in [6.45, 7) is 7.93. The van der Waals surface area contributed by atoms with E-state index in [1.54, 1.807) is 0 Å². The van der Waals surface area contributed by atoms with E-state index < -0.39 is 5.97 Å². The summed E-state index contributed by atoms with van der Waals surface area (Å²) in [6.07, 6.45) is 3.90. The first kappa shape index (κ1) is 13.3. The van der Waals surface area contributed by atoms with E-state index in [0.29, 0.717) is 5.57 Å². The van der Waals surface area contributed by atoms with Gasteiger partial charge in [-0.2, -0.15) is 0 Å². The number of hydrogen-bond acceptors (Lipinski definition) is 2. The molecule has 0 bridgehead atoms. The maximum Gasteiger partial charge on any atom is 0.331 e. The zero-order valence-electron chi connectivity index (χ0n) is 11.2. The molecule has 0 aromatic rings. The molecule has 0 aliphatic heterocycles. The molecule has 0 spiro atoms. The van der Waals surface area contributed by atoms with Crippen LogP contribution >= 0.6 is 0 Å². The third kappa shape index (κ3) is 2.01. The number of rotatable bonds is 2. The highest BCUT2D eigenvalue weighted by molar-refractivity contribution is 5.86. The molecule has 0 radical (unpaired) electrons. The van der Waals surface area contributed by atoms with E-state index in [1.807, 2.05) is 0 Å². The van der Waals surface area contributed by atoms with Crippen molar-refractivity contribution in [2.45, 2.75) is 52.1 Å². The molecule has 0 saturated heterocycles. The molecule has 2 rings (SSSR count). The summed E-state index contributed by atoms with van der Waals surface area (Å²) < 4.78 is 0. The maximum absolute atomic E-state index is 11.0. The van der Waals surface area contributed by atoms with Crippen molar-refractivity contribution in [1.82, 2.24) is 0 Å². The second-order valence-corrected chi connectivity index (χ2v) is 6.00. The molecule has 2 aliphatic rings. The molecule has 0 heterocycles. The minimum Gasteiger partial charge on any atom is -0.478 e. The summed E-state index contributed by atoms with van der Waals surface area (Å²) in [4.78, 5) is 11.0. The highest BCUT2D eigenvalue weighted by atomic mass is 16.4. The Kier molecular flexibility index (Phi) is 3.37. The molecule has 1 fully saturated rings. The number of allylic oxidation sites excluding steroid dienone is 1. The highest BCUT2D eigenvalue weighted by Crippen LogP contribution is 2.52. The summed E-state index contributed by atoms with van der Waals surface area (Å²) >= 11 is 0. The summed E-state index contributed by atoms with van der Waals surface area (Å²) in [6, 6.07) is 0. The summed E-state index contributed by atoms with van der Waals surface area (Å²) in [5, 5.41) is 19.3. The van der Waals surface area contributed by atoms with Crippen LogP contribution in [-0.4, -0.2) is 22.3 Å². The molecule has 2 N–H and O–H groups in total. The molecule has 100 valence electrons. The van der Waals surface area contributed by atoms with Gasteiger partial charge in [-0.25, -0.2) is 4.79 Å². The lowest BCUT2D eigenvalue weighted by Gasteiger charge is -2.47. The fourth-order valence-electron chi connectivity index (χ4n) is 3.53.